The van der Waals surface area contributed by atoms with E-state index < -0.39 is 0 Å². The first-order valence-corrected chi connectivity index (χ1v) is 10.6. The number of anilines is 1. The van der Waals surface area contributed by atoms with Crippen LogP contribution in [-0.2, 0) is 4.74 Å². The molecule has 7 nitrogen and oxygen atoms in total. The van der Waals surface area contributed by atoms with E-state index in [0.29, 0.717) is 35.5 Å². The van der Waals surface area contributed by atoms with Gasteiger partial charge in [0.15, 0.2) is 0 Å². The normalized spacial score (nSPS) is 16.3. The van der Waals surface area contributed by atoms with Crippen LogP contribution in [0.25, 0.3) is 0 Å². The molecular weight excluding hydrogens is 394 g/mol. The molecule has 1 heterocycles. The summed E-state index contributed by atoms with van der Waals surface area (Å²) < 4.78 is 16.2. The van der Waals surface area contributed by atoms with Gasteiger partial charge in [-0.1, -0.05) is 26.0 Å². The number of ether oxygens (including phenoxy) is 3. The van der Waals surface area contributed by atoms with E-state index in [9.17, 15) is 4.79 Å². The number of benzene rings is 2. The van der Waals surface area contributed by atoms with E-state index in [4.69, 9.17) is 14.2 Å². The van der Waals surface area contributed by atoms with Crippen LogP contribution < -0.4 is 20.1 Å². The first-order chi connectivity index (χ1) is 15.0. The molecule has 1 saturated heterocycles. The molecule has 1 aliphatic rings. The SMILES string of the molecule is COc1cc(OC)cc(C(=O)NC(=NC[C@H]2CCCO2)Nc2ccc(C(C)C)cc2)c1. The van der Waals surface area contributed by atoms with Crippen molar-refractivity contribution in [2.45, 2.75) is 38.7 Å². The van der Waals surface area contributed by atoms with Gasteiger partial charge in [0, 0.05) is 23.9 Å². The lowest BCUT2D eigenvalue weighted by Gasteiger charge is -2.15. The van der Waals surface area contributed by atoms with Crippen LogP contribution in [0, 0.1) is 0 Å². The minimum atomic E-state index is -0.311. The predicted molar refractivity (Wildman–Crippen MR) is 122 cm³/mol. The van der Waals surface area contributed by atoms with Crippen LogP contribution in [-0.4, -0.2) is 45.3 Å². The fourth-order valence-electron chi connectivity index (χ4n) is 3.30. The summed E-state index contributed by atoms with van der Waals surface area (Å²) >= 11 is 0. The van der Waals surface area contributed by atoms with Crippen molar-refractivity contribution in [3.63, 3.8) is 0 Å². The van der Waals surface area contributed by atoms with Crippen LogP contribution in [0.15, 0.2) is 47.5 Å². The van der Waals surface area contributed by atoms with Gasteiger partial charge in [-0.2, -0.15) is 0 Å². The maximum absolute atomic E-state index is 12.9. The number of carbonyl (C=O) groups excluding carboxylic acids is 1. The van der Waals surface area contributed by atoms with E-state index in [0.717, 1.165) is 25.1 Å². The number of amides is 1. The lowest BCUT2D eigenvalue weighted by molar-refractivity contribution is 0.0975. The molecule has 31 heavy (non-hydrogen) atoms. The quantitative estimate of drug-likeness (QED) is 0.513. The van der Waals surface area contributed by atoms with Crippen molar-refractivity contribution >= 4 is 17.6 Å². The molecule has 0 radical (unpaired) electrons. The predicted octanol–water partition coefficient (Wildman–Crippen LogP) is 4.20. The number of methoxy groups -OCH3 is 2. The number of nitrogens with zero attached hydrogens (tertiary/aromatic N) is 1. The number of carbonyl (C=O) groups is 1. The number of aliphatic imine (C=N–C) groups is 1. The van der Waals surface area contributed by atoms with Crippen molar-refractivity contribution in [3.05, 3.63) is 53.6 Å². The molecule has 2 N–H and O–H groups in total. The summed E-state index contributed by atoms with van der Waals surface area (Å²) in [5.74, 6) is 1.60. The van der Waals surface area contributed by atoms with E-state index in [1.54, 1.807) is 32.4 Å². The zero-order valence-electron chi connectivity index (χ0n) is 18.6. The average molecular weight is 426 g/mol. The van der Waals surface area contributed by atoms with Crippen LogP contribution in [0.5, 0.6) is 11.5 Å². The Labute approximate surface area is 183 Å². The van der Waals surface area contributed by atoms with Crippen molar-refractivity contribution in [3.8, 4) is 11.5 Å². The van der Waals surface area contributed by atoms with Crippen LogP contribution in [0.4, 0.5) is 5.69 Å². The van der Waals surface area contributed by atoms with Gasteiger partial charge in [0.1, 0.15) is 11.5 Å². The van der Waals surface area contributed by atoms with Gasteiger partial charge in [0.25, 0.3) is 5.91 Å². The third-order valence-corrected chi connectivity index (χ3v) is 5.16. The topological polar surface area (TPSA) is 81.2 Å². The molecule has 166 valence electrons. The summed E-state index contributed by atoms with van der Waals surface area (Å²) in [5.41, 5.74) is 2.51. The first kappa shape index (κ1) is 22.6. The van der Waals surface area contributed by atoms with Gasteiger partial charge in [0.2, 0.25) is 5.96 Å². The Morgan fingerprint density at radius 1 is 1.13 bits per heavy atom. The van der Waals surface area contributed by atoms with E-state index in [2.05, 4.69) is 41.6 Å². The van der Waals surface area contributed by atoms with Crippen LogP contribution in [0.3, 0.4) is 0 Å². The standard InChI is InChI=1S/C24H31N3O4/c1-16(2)17-7-9-19(10-8-17)26-24(25-15-20-6-5-11-31-20)27-23(28)18-12-21(29-3)14-22(13-18)30-4/h7-10,12-14,16,20H,5-6,11,15H2,1-4H3,(H2,25,26,27,28)/t20-/m1/s1. The highest BCUT2D eigenvalue weighted by Crippen LogP contribution is 2.22. The van der Waals surface area contributed by atoms with Crippen molar-refractivity contribution in [2.75, 3.05) is 32.7 Å². The molecule has 0 aliphatic carbocycles. The Hall–Kier alpha value is -3.06. The van der Waals surface area contributed by atoms with E-state index in [1.165, 1.54) is 5.56 Å². The monoisotopic (exact) mass is 425 g/mol. The van der Waals surface area contributed by atoms with E-state index in [1.807, 2.05) is 12.1 Å². The molecule has 0 aromatic heterocycles. The number of rotatable bonds is 7. The summed E-state index contributed by atoms with van der Waals surface area (Å²) in [5, 5.41) is 6.11. The van der Waals surface area contributed by atoms with Gasteiger partial charge in [-0.3, -0.25) is 10.1 Å². The van der Waals surface area contributed by atoms with E-state index >= 15 is 0 Å². The van der Waals surface area contributed by atoms with Crippen molar-refractivity contribution in [1.29, 1.82) is 0 Å². The lowest BCUT2D eigenvalue weighted by Crippen LogP contribution is -2.36. The fraction of sp³-hybridized carbons (Fsp3) is 0.417. The molecule has 1 fully saturated rings. The minimum absolute atomic E-state index is 0.0777. The molecule has 0 spiro atoms. The van der Waals surface area contributed by atoms with Gasteiger partial charge >= 0.3 is 0 Å². The molecule has 3 rings (SSSR count). The lowest BCUT2D eigenvalue weighted by atomic mass is 10.0. The zero-order chi connectivity index (χ0) is 22.2. The van der Waals surface area contributed by atoms with Crippen molar-refractivity contribution in [1.82, 2.24) is 5.32 Å². The summed E-state index contributed by atoms with van der Waals surface area (Å²) in [4.78, 5) is 17.5. The zero-order valence-corrected chi connectivity index (χ0v) is 18.6. The van der Waals surface area contributed by atoms with Gasteiger partial charge in [-0.05, 0) is 48.6 Å². The number of nitrogens with one attached hydrogen (secondary N) is 2. The minimum Gasteiger partial charge on any atom is -0.497 e. The van der Waals surface area contributed by atoms with Crippen LogP contribution >= 0.6 is 0 Å². The average Bonchev–Trinajstić information content (AvgIpc) is 3.31. The van der Waals surface area contributed by atoms with Gasteiger partial charge in [-0.15, -0.1) is 0 Å². The summed E-state index contributed by atoms with van der Waals surface area (Å²) in [6.07, 6.45) is 2.09. The Bertz CT molecular complexity index is 881. The molecule has 1 amide bonds. The van der Waals surface area contributed by atoms with Crippen LogP contribution in [0.2, 0.25) is 0 Å². The highest BCUT2D eigenvalue weighted by molar-refractivity contribution is 6.10. The highest BCUT2D eigenvalue weighted by Gasteiger charge is 2.17. The summed E-state index contributed by atoms with van der Waals surface area (Å²) in [6, 6.07) is 13.1. The number of hydrogen-bond donors (Lipinski definition) is 2. The molecule has 2 aromatic rings. The maximum atomic E-state index is 12.9. The summed E-state index contributed by atoms with van der Waals surface area (Å²) in [7, 11) is 3.10. The Morgan fingerprint density at radius 3 is 2.35 bits per heavy atom. The van der Waals surface area contributed by atoms with Crippen molar-refractivity contribution < 1.29 is 19.0 Å². The Morgan fingerprint density at radius 2 is 1.81 bits per heavy atom. The van der Waals surface area contributed by atoms with Gasteiger partial charge < -0.3 is 19.5 Å². The smallest absolute Gasteiger partial charge is 0.258 e. The Kier molecular flexibility index (Phi) is 7.89. The molecule has 1 atom stereocenters. The Balaban J connectivity index is 1.78. The second kappa shape index (κ2) is 10.8. The molecule has 2 aromatic carbocycles. The summed E-state index contributed by atoms with van der Waals surface area (Å²) in [6.45, 7) is 5.54. The van der Waals surface area contributed by atoms with E-state index in [-0.39, 0.29) is 12.0 Å². The number of guanidine groups is 1. The maximum Gasteiger partial charge on any atom is 0.258 e. The third kappa shape index (κ3) is 6.46. The molecule has 1 aliphatic heterocycles. The first-order valence-electron chi connectivity index (χ1n) is 10.6. The molecule has 0 saturated carbocycles. The fourth-order valence-corrected chi connectivity index (χ4v) is 3.30. The van der Waals surface area contributed by atoms with Gasteiger partial charge in [0.05, 0.1) is 26.9 Å². The highest BCUT2D eigenvalue weighted by atomic mass is 16.5. The molecule has 0 unspecified atom stereocenters. The molecule has 0 bridgehead atoms. The second-order valence-electron chi connectivity index (χ2n) is 7.78. The largest absolute Gasteiger partial charge is 0.497 e. The molecular formula is C24H31N3O4. The third-order valence-electron chi connectivity index (χ3n) is 5.16. The van der Waals surface area contributed by atoms with Crippen LogP contribution in [0.1, 0.15) is 48.5 Å². The van der Waals surface area contributed by atoms with Gasteiger partial charge in [-0.25, -0.2) is 4.99 Å². The molecule has 7 heteroatoms. The number of hydrogen-bond acceptors (Lipinski definition) is 5. The second-order valence-corrected chi connectivity index (χ2v) is 7.78. The van der Waals surface area contributed by atoms with Crippen molar-refractivity contribution in [2.24, 2.45) is 4.99 Å².